The quantitative estimate of drug-likeness (QED) is 0.865. The molecule has 2 rings (SSSR count). The summed E-state index contributed by atoms with van der Waals surface area (Å²) in [6, 6.07) is 9.00. The molecule has 2 heteroatoms. The van der Waals surface area contributed by atoms with Crippen LogP contribution in [0.5, 0.6) is 0 Å². The fraction of sp³-hybridized carbons (Fsp3) is 0.389. The van der Waals surface area contributed by atoms with Crippen molar-refractivity contribution in [3.63, 3.8) is 0 Å². The first kappa shape index (κ1) is 14.6. The summed E-state index contributed by atoms with van der Waals surface area (Å²) in [5.41, 5.74) is 8.62. The Balaban J connectivity index is 2.28. The molecule has 2 aromatic rings. The molecule has 1 aromatic heterocycles. The van der Waals surface area contributed by atoms with Gasteiger partial charge in [-0.05, 0) is 75.9 Å². The van der Waals surface area contributed by atoms with Crippen molar-refractivity contribution in [2.45, 2.75) is 47.6 Å². The van der Waals surface area contributed by atoms with Gasteiger partial charge in [-0.3, -0.25) is 4.98 Å². The normalized spacial score (nSPS) is 12.3. The van der Waals surface area contributed by atoms with Crippen molar-refractivity contribution in [2.24, 2.45) is 0 Å². The van der Waals surface area contributed by atoms with E-state index >= 15 is 0 Å². The maximum absolute atomic E-state index is 4.51. The minimum absolute atomic E-state index is 0.275. The Labute approximate surface area is 122 Å². The number of hydrogen-bond donors (Lipinski definition) is 1. The standard InChI is InChI=1S/C18H24N2/c1-11-9-13(3)17(10-12(11)2)15(5)20-18-8-7-14(4)19-16(18)6/h7-10,15,20H,1-6H3. The van der Waals surface area contributed by atoms with E-state index in [1.807, 2.05) is 6.92 Å². The largest absolute Gasteiger partial charge is 0.377 e. The molecule has 20 heavy (non-hydrogen) atoms. The number of benzene rings is 1. The highest BCUT2D eigenvalue weighted by atomic mass is 14.9. The summed E-state index contributed by atoms with van der Waals surface area (Å²) in [6.07, 6.45) is 0. The number of aryl methyl sites for hydroxylation is 5. The summed E-state index contributed by atoms with van der Waals surface area (Å²) in [5, 5.41) is 3.58. The van der Waals surface area contributed by atoms with Gasteiger partial charge in [0.05, 0.1) is 11.4 Å². The predicted octanol–water partition coefficient (Wildman–Crippen LogP) is 4.80. The number of anilines is 1. The molecule has 1 atom stereocenters. The second kappa shape index (κ2) is 5.66. The van der Waals surface area contributed by atoms with E-state index in [4.69, 9.17) is 0 Å². The number of pyridine rings is 1. The maximum atomic E-state index is 4.51. The Bertz CT molecular complexity index is 630. The second-order valence-corrected chi connectivity index (χ2v) is 5.74. The van der Waals surface area contributed by atoms with Crippen LogP contribution in [0.25, 0.3) is 0 Å². The molecule has 1 aromatic carbocycles. The number of nitrogens with zero attached hydrogens (tertiary/aromatic N) is 1. The molecule has 0 spiro atoms. The van der Waals surface area contributed by atoms with Crippen molar-refractivity contribution < 1.29 is 0 Å². The molecule has 1 heterocycles. The molecule has 0 radical (unpaired) electrons. The molecule has 106 valence electrons. The van der Waals surface area contributed by atoms with E-state index < -0.39 is 0 Å². The molecule has 2 nitrogen and oxygen atoms in total. The zero-order chi connectivity index (χ0) is 14.9. The van der Waals surface area contributed by atoms with E-state index in [1.165, 1.54) is 22.3 Å². The summed E-state index contributed by atoms with van der Waals surface area (Å²) in [4.78, 5) is 4.51. The van der Waals surface area contributed by atoms with Crippen molar-refractivity contribution in [1.82, 2.24) is 4.98 Å². The van der Waals surface area contributed by atoms with Crippen molar-refractivity contribution in [2.75, 3.05) is 5.32 Å². The van der Waals surface area contributed by atoms with Crippen LogP contribution in [0.1, 0.15) is 46.6 Å². The van der Waals surface area contributed by atoms with Crippen molar-refractivity contribution >= 4 is 5.69 Å². The van der Waals surface area contributed by atoms with Crippen molar-refractivity contribution in [1.29, 1.82) is 0 Å². The van der Waals surface area contributed by atoms with Crippen LogP contribution in [0.3, 0.4) is 0 Å². The molecule has 0 bridgehead atoms. The molecular weight excluding hydrogens is 244 g/mol. The van der Waals surface area contributed by atoms with Gasteiger partial charge >= 0.3 is 0 Å². The fourth-order valence-electron chi connectivity index (χ4n) is 2.60. The fourth-order valence-corrected chi connectivity index (χ4v) is 2.60. The van der Waals surface area contributed by atoms with Gasteiger partial charge in [0.15, 0.2) is 0 Å². The molecule has 0 saturated carbocycles. The van der Waals surface area contributed by atoms with E-state index in [-0.39, 0.29) is 6.04 Å². The van der Waals surface area contributed by atoms with Gasteiger partial charge in [-0.1, -0.05) is 12.1 Å². The molecule has 0 amide bonds. The third-order valence-electron chi connectivity index (χ3n) is 3.95. The Morgan fingerprint density at radius 1 is 0.900 bits per heavy atom. The lowest BCUT2D eigenvalue weighted by Crippen LogP contribution is -2.10. The molecule has 0 aliphatic rings. The first-order valence-corrected chi connectivity index (χ1v) is 7.17. The lowest BCUT2D eigenvalue weighted by Gasteiger charge is -2.20. The minimum atomic E-state index is 0.275. The zero-order valence-electron chi connectivity index (χ0n) is 13.3. The molecule has 1 unspecified atom stereocenters. The van der Waals surface area contributed by atoms with Gasteiger partial charge in [0.2, 0.25) is 0 Å². The monoisotopic (exact) mass is 268 g/mol. The van der Waals surface area contributed by atoms with Crippen molar-refractivity contribution in [3.8, 4) is 0 Å². The molecule has 0 aliphatic heterocycles. The van der Waals surface area contributed by atoms with E-state index in [2.05, 4.69) is 69.2 Å². The SMILES string of the molecule is Cc1ccc(NC(C)c2cc(C)c(C)cc2C)c(C)n1. The summed E-state index contributed by atoms with van der Waals surface area (Å²) in [6.45, 7) is 12.8. The summed E-state index contributed by atoms with van der Waals surface area (Å²) >= 11 is 0. The number of nitrogens with one attached hydrogen (secondary N) is 1. The van der Waals surface area contributed by atoms with Crippen LogP contribution >= 0.6 is 0 Å². The second-order valence-electron chi connectivity index (χ2n) is 5.74. The summed E-state index contributed by atoms with van der Waals surface area (Å²) < 4.78 is 0. The van der Waals surface area contributed by atoms with Gasteiger partial charge in [-0.2, -0.15) is 0 Å². The average molecular weight is 268 g/mol. The number of aromatic nitrogens is 1. The first-order chi connectivity index (χ1) is 9.38. The average Bonchev–Trinajstić information content (AvgIpc) is 2.37. The van der Waals surface area contributed by atoms with Crippen LogP contribution in [0.15, 0.2) is 24.3 Å². The molecule has 0 fully saturated rings. The molecular formula is C18H24N2. The first-order valence-electron chi connectivity index (χ1n) is 7.17. The third kappa shape index (κ3) is 3.01. The predicted molar refractivity (Wildman–Crippen MR) is 86.4 cm³/mol. The highest BCUT2D eigenvalue weighted by Crippen LogP contribution is 2.26. The van der Waals surface area contributed by atoms with Crippen LogP contribution in [0.2, 0.25) is 0 Å². The minimum Gasteiger partial charge on any atom is -0.377 e. The van der Waals surface area contributed by atoms with Crippen molar-refractivity contribution in [3.05, 3.63) is 57.9 Å². The van der Waals surface area contributed by atoms with Gasteiger partial charge < -0.3 is 5.32 Å². The van der Waals surface area contributed by atoms with Crippen LogP contribution in [-0.2, 0) is 0 Å². The number of rotatable bonds is 3. The highest BCUT2D eigenvalue weighted by molar-refractivity contribution is 5.51. The van der Waals surface area contributed by atoms with Crippen LogP contribution in [0, 0.1) is 34.6 Å². The Morgan fingerprint density at radius 2 is 1.55 bits per heavy atom. The lowest BCUT2D eigenvalue weighted by atomic mass is 9.96. The Morgan fingerprint density at radius 3 is 2.20 bits per heavy atom. The van der Waals surface area contributed by atoms with Crippen LogP contribution in [0.4, 0.5) is 5.69 Å². The molecule has 0 aliphatic carbocycles. The maximum Gasteiger partial charge on any atom is 0.0607 e. The smallest absolute Gasteiger partial charge is 0.0607 e. The third-order valence-corrected chi connectivity index (χ3v) is 3.95. The summed E-state index contributed by atoms with van der Waals surface area (Å²) in [7, 11) is 0. The molecule has 0 saturated heterocycles. The van der Waals surface area contributed by atoms with Crippen LogP contribution < -0.4 is 5.32 Å². The van der Waals surface area contributed by atoms with Crippen LogP contribution in [-0.4, -0.2) is 4.98 Å². The Hall–Kier alpha value is -1.83. The van der Waals surface area contributed by atoms with Gasteiger partial charge in [-0.15, -0.1) is 0 Å². The Kier molecular flexibility index (Phi) is 4.12. The van der Waals surface area contributed by atoms with E-state index in [0.717, 1.165) is 17.1 Å². The van der Waals surface area contributed by atoms with Gasteiger partial charge in [-0.25, -0.2) is 0 Å². The topological polar surface area (TPSA) is 24.9 Å². The number of hydrogen-bond acceptors (Lipinski definition) is 2. The van der Waals surface area contributed by atoms with Gasteiger partial charge in [0, 0.05) is 11.7 Å². The lowest BCUT2D eigenvalue weighted by molar-refractivity contribution is 0.864. The highest BCUT2D eigenvalue weighted by Gasteiger charge is 2.11. The zero-order valence-corrected chi connectivity index (χ0v) is 13.3. The van der Waals surface area contributed by atoms with E-state index in [0.29, 0.717) is 0 Å². The van der Waals surface area contributed by atoms with Gasteiger partial charge in [0.25, 0.3) is 0 Å². The molecule has 1 N–H and O–H groups in total. The van der Waals surface area contributed by atoms with E-state index in [1.54, 1.807) is 0 Å². The van der Waals surface area contributed by atoms with E-state index in [9.17, 15) is 0 Å². The van der Waals surface area contributed by atoms with Gasteiger partial charge in [0.1, 0.15) is 0 Å². The summed E-state index contributed by atoms with van der Waals surface area (Å²) in [5.74, 6) is 0.